The molecule has 34 heavy (non-hydrogen) atoms. The molecule has 2 amide bonds. The van der Waals surface area contributed by atoms with Gasteiger partial charge in [0.1, 0.15) is 0 Å². The first kappa shape index (κ1) is 24.2. The molecule has 2 aromatic heterocycles. The fourth-order valence-electron chi connectivity index (χ4n) is 5.20. The third-order valence-corrected chi connectivity index (χ3v) is 7.21. The number of piperidine rings is 2. The zero-order valence-electron chi connectivity index (χ0n) is 20.6. The molecule has 0 bridgehead atoms. The van der Waals surface area contributed by atoms with Gasteiger partial charge < -0.3 is 9.80 Å². The lowest BCUT2D eigenvalue weighted by atomic mass is 9.92. The average molecular weight is 470 g/mol. The minimum Gasteiger partial charge on any atom is -0.342 e. The van der Waals surface area contributed by atoms with E-state index in [1.807, 2.05) is 18.7 Å². The lowest BCUT2D eigenvalue weighted by Gasteiger charge is -2.37. The van der Waals surface area contributed by atoms with E-state index in [4.69, 9.17) is 0 Å². The minimum absolute atomic E-state index is 0.0194. The van der Waals surface area contributed by atoms with Gasteiger partial charge in [-0.1, -0.05) is 20.8 Å². The van der Waals surface area contributed by atoms with Gasteiger partial charge in [-0.3, -0.25) is 23.9 Å². The Morgan fingerprint density at radius 1 is 1.12 bits per heavy atom. The summed E-state index contributed by atoms with van der Waals surface area (Å²) in [6, 6.07) is 1.68. The van der Waals surface area contributed by atoms with Crippen LogP contribution in [-0.4, -0.2) is 62.3 Å². The lowest BCUT2D eigenvalue weighted by molar-refractivity contribution is -0.138. The summed E-state index contributed by atoms with van der Waals surface area (Å²) >= 11 is 0. The lowest BCUT2D eigenvalue weighted by Crippen LogP contribution is -2.47. The highest BCUT2D eigenvalue weighted by Crippen LogP contribution is 2.26. The van der Waals surface area contributed by atoms with E-state index in [9.17, 15) is 19.2 Å². The second-order valence-corrected chi connectivity index (χ2v) is 10.0. The number of hydrogen-bond donors (Lipinski definition) is 1. The van der Waals surface area contributed by atoms with Crippen molar-refractivity contribution in [2.75, 3.05) is 26.2 Å². The highest BCUT2D eigenvalue weighted by molar-refractivity contribution is 6.05. The molecule has 4 rings (SSSR count). The maximum atomic E-state index is 13.6. The van der Waals surface area contributed by atoms with E-state index < -0.39 is 11.2 Å². The highest BCUT2D eigenvalue weighted by Gasteiger charge is 2.33. The summed E-state index contributed by atoms with van der Waals surface area (Å²) in [4.78, 5) is 62.4. The van der Waals surface area contributed by atoms with Crippen LogP contribution in [0.1, 0.15) is 75.3 Å². The van der Waals surface area contributed by atoms with E-state index in [1.165, 1.54) is 11.0 Å². The summed E-state index contributed by atoms with van der Waals surface area (Å²) in [6.07, 6.45) is 3.45. The number of pyridine rings is 1. The molecule has 2 aliphatic heterocycles. The van der Waals surface area contributed by atoms with Crippen LogP contribution in [0, 0.1) is 11.8 Å². The number of aromatic nitrogens is 3. The van der Waals surface area contributed by atoms with Gasteiger partial charge in [-0.15, -0.1) is 0 Å². The van der Waals surface area contributed by atoms with Gasteiger partial charge in [-0.25, -0.2) is 9.78 Å². The second kappa shape index (κ2) is 9.72. The molecule has 2 saturated heterocycles. The van der Waals surface area contributed by atoms with Crippen LogP contribution in [-0.2, 0) is 11.3 Å². The zero-order chi connectivity index (χ0) is 24.6. The number of hydrogen-bond acceptors (Lipinski definition) is 5. The number of amides is 2. The molecule has 2 aromatic rings. The van der Waals surface area contributed by atoms with Gasteiger partial charge in [0.05, 0.1) is 10.9 Å². The van der Waals surface area contributed by atoms with E-state index in [1.54, 1.807) is 17.9 Å². The Morgan fingerprint density at radius 2 is 1.82 bits per heavy atom. The van der Waals surface area contributed by atoms with Crippen LogP contribution < -0.4 is 11.2 Å². The molecule has 9 heteroatoms. The summed E-state index contributed by atoms with van der Waals surface area (Å²) in [5.74, 6) is 0.444. The number of fused-ring (bicyclic) bond motifs is 1. The summed E-state index contributed by atoms with van der Waals surface area (Å²) < 4.78 is 1.39. The van der Waals surface area contributed by atoms with Gasteiger partial charge >= 0.3 is 5.69 Å². The number of likely N-dealkylation sites (tertiary alicyclic amines) is 2. The Kier molecular flexibility index (Phi) is 6.91. The molecule has 0 saturated carbocycles. The van der Waals surface area contributed by atoms with Crippen molar-refractivity contribution < 1.29 is 9.59 Å². The first-order valence-electron chi connectivity index (χ1n) is 12.5. The number of carbonyl (C=O) groups excluding carboxylic acids is 2. The number of rotatable bonds is 4. The number of nitrogens with one attached hydrogen (secondary N) is 1. The highest BCUT2D eigenvalue weighted by atomic mass is 16.2. The van der Waals surface area contributed by atoms with Crippen LogP contribution in [0.25, 0.3) is 11.0 Å². The monoisotopic (exact) mass is 469 g/mol. The molecule has 1 unspecified atom stereocenters. The fraction of sp³-hybridized carbons (Fsp3) is 0.640. The van der Waals surface area contributed by atoms with Crippen LogP contribution in [0.15, 0.2) is 15.7 Å². The summed E-state index contributed by atoms with van der Waals surface area (Å²) in [5.41, 5.74) is 0.0486. The molecule has 0 aliphatic carbocycles. The second-order valence-electron chi connectivity index (χ2n) is 10.0. The van der Waals surface area contributed by atoms with E-state index in [0.29, 0.717) is 44.1 Å². The van der Waals surface area contributed by atoms with Crippen molar-refractivity contribution in [2.24, 2.45) is 11.8 Å². The maximum absolute atomic E-state index is 13.6. The Morgan fingerprint density at radius 3 is 2.44 bits per heavy atom. The Balaban J connectivity index is 1.60. The number of aromatic amines is 1. The van der Waals surface area contributed by atoms with E-state index in [0.717, 1.165) is 19.5 Å². The molecule has 1 atom stereocenters. The van der Waals surface area contributed by atoms with Gasteiger partial charge in [0, 0.05) is 44.3 Å². The zero-order valence-corrected chi connectivity index (χ0v) is 20.6. The molecule has 4 heterocycles. The third-order valence-electron chi connectivity index (χ3n) is 7.21. The Labute approximate surface area is 199 Å². The average Bonchev–Trinajstić information content (AvgIpc) is 2.82. The number of H-pyrrole nitrogens is 1. The molecule has 0 aromatic carbocycles. The summed E-state index contributed by atoms with van der Waals surface area (Å²) in [7, 11) is 0. The van der Waals surface area contributed by atoms with Crippen molar-refractivity contribution in [1.29, 1.82) is 0 Å². The van der Waals surface area contributed by atoms with Crippen molar-refractivity contribution >= 4 is 22.8 Å². The van der Waals surface area contributed by atoms with E-state index in [2.05, 4.69) is 16.9 Å². The van der Waals surface area contributed by atoms with Crippen LogP contribution in [0.2, 0.25) is 0 Å². The van der Waals surface area contributed by atoms with Crippen LogP contribution in [0.5, 0.6) is 0 Å². The number of carbonyl (C=O) groups is 2. The van der Waals surface area contributed by atoms with Crippen molar-refractivity contribution in [3.8, 4) is 0 Å². The Hall–Kier alpha value is -2.97. The Bertz CT molecular complexity index is 1210. The fourth-order valence-corrected chi connectivity index (χ4v) is 5.20. The molecule has 0 spiro atoms. The summed E-state index contributed by atoms with van der Waals surface area (Å²) in [6.45, 7) is 10.8. The van der Waals surface area contributed by atoms with E-state index >= 15 is 0 Å². The molecule has 0 radical (unpaired) electrons. The molecular formula is C25H35N5O4. The quantitative estimate of drug-likeness (QED) is 0.739. The normalized spacial score (nSPS) is 19.7. The van der Waals surface area contributed by atoms with Crippen LogP contribution in [0.3, 0.4) is 0 Å². The van der Waals surface area contributed by atoms with Gasteiger partial charge in [-0.2, -0.15) is 0 Å². The predicted octanol–water partition coefficient (Wildman–Crippen LogP) is 2.34. The molecular weight excluding hydrogens is 434 g/mol. The van der Waals surface area contributed by atoms with Gasteiger partial charge in [0.25, 0.3) is 11.5 Å². The molecule has 2 aliphatic rings. The number of aryl methyl sites for hydroxylation is 1. The first-order valence-corrected chi connectivity index (χ1v) is 12.5. The topological polar surface area (TPSA) is 108 Å². The molecule has 9 nitrogen and oxygen atoms in total. The smallest absolute Gasteiger partial charge is 0.329 e. The van der Waals surface area contributed by atoms with Crippen molar-refractivity contribution in [1.82, 2.24) is 24.3 Å². The van der Waals surface area contributed by atoms with Crippen molar-refractivity contribution in [2.45, 2.75) is 65.8 Å². The van der Waals surface area contributed by atoms with E-state index in [-0.39, 0.29) is 40.2 Å². The molecule has 1 N–H and O–H groups in total. The van der Waals surface area contributed by atoms with Crippen molar-refractivity contribution in [3.63, 3.8) is 0 Å². The SMILES string of the molecule is CCn1c(=O)[nH]c(=O)c2c(C(=O)N3CCC(C(=O)N4CCCC(C)C4)CC3)cc(C(C)C)nc21. The van der Waals surface area contributed by atoms with Crippen LogP contribution in [0.4, 0.5) is 0 Å². The largest absolute Gasteiger partial charge is 0.342 e. The predicted molar refractivity (Wildman–Crippen MR) is 130 cm³/mol. The molecule has 184 valence electrons. The van der Waals surface area contributed by atoms with Crippen LogP contribution >= 0.6 is 0 Å². The summed E-state index contributed by atoms with van der Waals surface area (Å²) in [5, 5.41) is 0.149. The van der Waals surface area contributed by atoms with Crippen molar-refractivity contribution in [3.05, 3.63) is 38.2 Å². The standard InChI is InChI=1S/C25H35N5O4/c1-5-30-21-20(22(31)27-25(30)34)18(13-19(26-21)15(2)3)24(33)28-11-8-17(9-12-28)23(32)29-10-6-7-16(4)14-29/h13,15-17H,5-12,14H2,1-4H3,(H,27,31,34). The first-order chi connectivity index (χ1) is 16.2. The van der Waals surface area contributed by atoms with Gasteiger partial charge in [0.2, 0.25) is 5.91 Å². The maximum Gasteiger partial charge on any atom is 0.329 e. The van der Waals surface area contributed by atoms with Gasteiger partial charge in [0.15, 0.2) is 5.65 Å². The third kappa shape index (κ3) is 4.52. The van der Waals surface area contributed by atoms with Gasteiger partial charge in [-0.05, 0) is 50.5 Å². The molecule has 2 fully saturated rings. The number of nitrogens with zero attached hydrogens (tertiary/aromatic N) is 4. The minimum atomic E-state index is -0.597.